The average Bonchev–Trinajstić information content (AvgIpc) is 2.57. The first-order chi connectivity index (χ1) is 11.5. The fourth-order valence-corrected chi connectivity index (χ4v) is 3.18. The van der Waals surface area contributed by atoms with Crippen LogP contribution in [-0.4, -0.2) is 29.0 Å². The van der Waals surface area contributed by atoms with Gasteiger partial charge in [-0.15, -0.1) is 0 Å². The molecule has 1 aromatic heterocycles. The number of hydrogen-bond donors (Lipinski definition) is 1. The first-order valence-corrected chi connectivity index (χ1v) is 8.56. The van der Waals surface area contributed by atoms with Crippen molar-refractivity contribution >= 4 is 29.1 Å². The van der Waals surface area contributed by atoms with Gasteiger partial charge in [-0.1, -0.05) is 18.5 Å². The highest BCUT2D eigenvalue weighted by Gasteiger charge is 2.20. The maximum atomic E-state index is 12.5. The molecule has 0 spiro atoms. The number of carbonyl (C=O) groups excluding carboxylic acids is 1. The van der Waals surface area contributed by atoms with E-state index in [0.29, 0.717) is 22.6 Å². The highest BCUT2D eigenvalue weighted by molar-refractivity contribution is 6.30. The zero-order chi connectivity index (χ0) is 17.1. The van der Waals surface area contributed by atoms with Gasteiger partial charge in [0.05, 0.1) is 0 Å². The predicted octanol–water partition coefficient (Wildman–Crippen LogP) is 3.93. The van der Waals surface area contributed by atoms with Gasteiger partial charge in [0.1, 0.15) is 5.69 Å². The van der Waals surface area contributed by atoms with Crippen LogP contribution in [0.1, 0.15) is 35.8 Å². The molecule has 2 aromatic rings. The van der Waals surface area contributed by atoms with Gasteiger partial charge in [0, 0.05) is 30.0 Å². The molecule has 126 valence electrons. The molecule has 1 aliphatic rings. The number of carbonyl (C=O) groups is 1. The number of amides is 1. The second kappa shape index (κ2) is 7.18. The molecule has 1 saturated heterocycles. The molecule has 1 aromatic carbocycles. The Morgan fingerprint density at radius 3 is 2.96 bits per heavy atom. The van der Waals surface area contributed by atoms with Crippen LogP contribution in [-0.2, 0) is 0 Å². The van der Waals surface area contributed by atoms with Gasteiger partial charge in [-0.25, -0.2) is 9.97 Å². The van der Waals surface area contributed by atoms with Crippen LogP contribution in [0, 0.1) is 12.8 Å². The van der Waals surface area contributed by atoms with Crippen molar-refractivity contribution in [1.29, 1.82) is 0 Å². The van der Waals surface area contributed by atoms with Gasteiger partial charge in [-0.2, -0.15) is 0 Å². The number of piperidine rings is 1. The van der Waals surface area contributed by atoms with Crippen molar-refractivity contribution in [2.24, 2.45) is 5.92 Å². The number of nitrogens with zero attached hydrogens (tertiary/aromatic N) is 3. The van der Waals surface area contributed by atoms with E-state index in [9.17, 15) is 4.79 Å². The molecule has 5 nitrogen and oxygen atoms in total. The Hall–Kier alpha value is -2.14. The summed E-state index contributed by atoms with van der Waals surface area (Å²) in [6.07, 6.45) is 4.00. The lowest BCUT2D eigenvalue weighted by Gasteiger charge is -2.30. The highest BCUT2D eigenvalue weighted by Crippen LogP contribution is 2.22. The van der Waals surface area contributed by atoms with Crippen LogP contribution in [0.5, 0.6) is 0 Å². The predicted molar refractivity (Wildman–Crippen MR) is 96.8 cm³/mol. The molecule has 0 saturated carbocycles. The van der Waals surface area contributed by atoms with Crippen LogP contribution in [0.3, 0.4) is 0 Å². The molecular weight excluding hydrogens is 324 g/mol. The van der Waals surface area contributed by atoms with E-state index in [-0.39, 0.29) is 5.91 Å². The highest BCUT2D eigenvalue weighted by atomic mass is 35.5. The van der Waals surface area contributed by atoms with Crippen molar-refractivity contribution < 1.29 is 4.79 Å². The van der Waals surface area contributed by atoms with E-state index in [4.69, 9.17) is 11.6 Å². The number of aromatic nitrogens is 2. The second-order valence-corrected chi connectivity index (χ2v) is 6.79. The Kier molecular flexibility index (Phi) is 5.00. The molecule has 2 heterocycles. The molecule has 1 N–H and O–H groups in total. The van der Waals surface area contributed by atoms with E-state index in [2.05, 4.69) is 27.1 Å². The molecular formula is C18H21ClN4O. The normalized spacial score (nSPS) is 17.6. The maximum absolute atomic E-state index is 12.5. The van der Waals surface area contributed by atoms with Crippen LogP contribution >= 0.6 is 11.6 Å². The minimum atomic E-state index is -0.242. The smallest absolute Gasteiger partial charge is 0.274 e. The van der Waals surface area contributed by atoms with Crippen molar-refractivity contribution in [2.75, 3.05) is 23.3 Å². The van der Waals surface area contributed by atoms with E-state index < -0.39 is 0 Å². The van der Waals surface area contributed by atoms with Crippen molar-refractivity contribution in [3.05, 3.63) is 46.7 Å². The summed E-state index contributed by atoms with van der Waals surface area (Å²) in [7, 11) is 0. The molecule has 0 aliphatic carbocycles. The van der Waals surface area contributed by atoms with Crippen LogP contribution in [0.4, 0.5) is 11.6 Å². The summed E-state index contributed by atoms with van der Waals surface area (Å²) < 4.78 is 0. The Labute approximate surface area is 147 Å². The van der Waals surface area contributed by atoms with Crippen molar-refractivity contribution in [3.63, 3.8) is 0 Å². The summed E-state index contributed by atoms with van der Waals surface area (Å²) in [5, 5.41) is 3.53. The summed E-state index contributed by atoms with van der Waals surface area (Å²) in [6, 6.07) is 7.00. The molecule has 3 rings (SSSR count). The molecule has 24 heavy (non-hydrogen) atoms. The molecule has 1 unspecified atom stereocenters. The van der Waals surface area contributed by atoms with E-state index in [1.807, 2.05) is 13.0 Å². The third-order valence-corrected chi connectivity index (χ3v) is 4.49. The van der Waals surface area contributed by atoms with Crippen LogP contribution < -0.4 is 10.2 Å². The molecule has 1 atom stereocenters. The summed E-state index contributed by atoms with van der Waals surface area (Å²) in [4.78, 5) is 23.4. The standard InChI is InChI=1S/C18H21ClN4O/c1-12-4-3-9-23(11-12)18-20-8-7-16(22-18)17(24)21-15-6-5-14(19)10-13(15)2/h5-8,10,12H,3-4,9,11H2,1-2H3,(H,21,24). The molecule has 6 heteroatoms. The van der Waals surface area contributed by atoms with Gasteiger partial charge in [0.2, 0.25) is 5.95 Å². The number of rotatable bonds is 3. The number of nitrogens with one attached hydrogen (secondary N) is 1. The number of hydrogen-bond acceptors (Lipinski definition) is 4. The minimum Gasteiger partial charge on any atom is -0.341 e. The first kappa shape index (κ1) is 16.7. The maximum Gasteiger partial charge on any atom is 0.274 e. The number of halogens is 1. The minimum absolute atomic E-state index is 0.242. The van der Waals surface area contributed by atoms with Gasteiger partial charge >= 0.3 is 0 Å². The lowest BCUT2D eigenvalue weighted by molar-refractivity contribution is 0.102. The Balaban J connectivity index is 1.76. The van der Waals surface area contributed by atoms with Gasteiger partial charge < -0.3 is 10.2 Å². The summed E-state index contributed by atoms with van der Waals surface area (Å²) in [5.74, 6) is 1.01. The Morgan fingerprint density at radius 1 is 1.38 bits per heavy atom. The molecule has 0 radical (unpaired) electrons. The van der Waals surface area contributed by atoms with E-state index in [1.54, 1.807) is 24.4 Å². The zero-order valence-corrected chi connectivity index (χ0v) is 14.7. The van der Waals surface area contributed by atoms with Crippen LogP contribution in [0.15, 0.2) is 30.5 Å². The lowest BCUT2D eigenvalue weighted by Crippen LogP contribution is -2.35. The van der Waals surface area contributed by atoms with Gasteiger partial charge in [0.15, 0.2) is 0 Å². The summed E-state index contributed by atoms with van der Waals surface area (Å²) in [5.41, 5.74) is 2.01. The average molecular weight is 345 g/mol. The van der Waals surface area contributed by atoms with Crippen LogP contribution in [0.25, 0.3) is 0 Å². The SMILES string of the molecule is Cc1cc(Cl)ccc1NC(=O)c1ccnc(N2CCCC(C)C2)n1. The number of anilines is 2. The summed E-state index contributed by atoms with van der Waals surface area (Å²) >= 11 is 5.95. The number of aryl methyl sites for hydroxylation is 1. The molecule has 1 fully saturated rings. The van der Waals surface area contributed by atoms with Crippen molar-refractivity contribution in [2.45, 2.75) is 26.7 Å². The second-order valence-electron chi connectivity index (χ2n) is 6.35. The third kappa shape index (κ3) is 3.85. The van der Waals surface area contributed by atoms with Gasteiger partial charge in [-0.05, 0) is 55.5 Å². The van der Waals surface area contributed by atoms with Crippen molar-refractivity contribution in [3.8, 4) is 0 Å². The summed E-state index contributed by atoms with van der Waals surface area (Å²) in [6.45, 7) is 6.00. The molecule has 1 amide bonds. The van der Waals surface area contributed by atoms with E-state index in [1.165, 1.54) is 6.42 Å². The van der Waals surface area contributed by atoms with Gasteiger partial charge in [0.25, 0.3) is 5.91 Å². The molecule has 0 bridgehead atoms. The molecule has 1 aliphatic heterocycles. The fraction of sp³-hybridized carbons (Fsp3) is 0.389. The zero-order valence-electron chi connectivity index (χ0n) is 13.9. The van der Waals surface area contributed by atoms with Crippen LogP contribution in [0.2, 0.25) is 5.02 Å². The fourth-order valence-electron chi connectivity index (χ4n) is 2.95. The Bertz CT molecular complexity index is 750. The third-order valence-electron chi connectivity index (χ3n) is 4.25. The topological polar surface area (TPSA) is 58.1 Å². The lowest BCUT2D eigenvalue weighted by atomic mass is 10.0. The Morgan fingerprint density at radius 2 is 2.21 bits per heavy atom. The van der Waals surface area contributed by atoms with Gasteiger partial charge in [-0.3, -0.25) is 4.79 Å². The van der Waals surface area contributed by atoms with E-state index >= 15 is 0 Å². The number of benzene rings is 1. The quantitative estimate of drug-likeness (QED) is 0.916. The first-order valence-electron chi connectivity index (χ1n) is 8.18. The largest absolute Gasteiger partial charge is 0.341 e. The van der Waals surface area contributed by atoms with Crippen molar-refractivity contribution in [1.82, 2.24) is 9.97 Å². The van der Waals surface area contributed by atoms with E-state index in [0.717, 1.165) is 30.8 Å². The monoisotopic (exact) mass is 344 g/mol.